The van der Waals surface area contributed by atoms with Crippen molar-refractivity contribution in [3.8, 4) is 16.9 Å². The zero-order valence-electron chi connectivity index (χ0n) is 17.9. The molecule has 5 nitrogen and oxygen atoms in total. The molecule has 2 amide bonds. The second-order valence-corrected chi connectivity index (χ2v) is 8.26. The fourth-order valence-electron chi connectivity index (χ4n) is 3.95. The Bertz CT molecular complexity index is 1090. The summed E-state index contributed by atoms with van der Waals surface area (Å²) in [6.07, 6.45) is 1.26. The van der Waals surface area contributed by atoms with Crippen LogP contribution in [-0.4, -0.2) is 36.9 Å². The van der Waals surface area contributed by atoms with E-state index in [4.69, 9.17) is 16.3 Å². The molecule has 0 unspecified atom stereocenters. The number of piperidine rings is 1. The van der Waals surface area contributed by atoms with E-state index in [-0.39, 0.29) is 17.7 Å². The minimum absolute atomic E-state index is 0.00501. The van der Waals surface area contributed by atoms with Crippen molar-refractivity contribution in [1.82, 2.24) is 4.90 Å². The van der Waals surface area contributed by atoms with Gasteiger partial charge >= 0.3 is 0 Å². The van der Waals surface area contributed by atoms with E-state index in [1.165, 1.54) is 0 Å². The quantitative estimate of drug-likeness (QED) is 0.560. The van der Waals surface area contributed by atoms with Gasteiger partial charge in [-0.05, 0) is 54.3 Å². The maximum atomic E-state index is 12.9. The number of benzene rings is 3. The van der Waals surface area contributed by atoms with Crippen LogP contribution in [0.5, 0.6) is 5.75 Å². The van der Waals surface area contributed by atoms with Crippen molar-refractivity contribution < 1.29 is 14.3 Å². The van der Waals surface area contributed by atoms with Crippen molar-refractivity contribution in [2.24, 2.45) is 5.92 Å². The topological polar surface area (TPSA) is 58.6 Å². The fourth-order valence-corrected chi connectivity index (χ4v) is 4.21. The number of amides is 2. The molecule has 1 heterocycles. The molecule has 32 heavy (non-hydrogen) atoms. The number of carbonyl (C=O) groups excluding carboxylic acids is 2. The number of halogens is 1. The van der Waals surface area contributed by atoms with Crippen LogP contribution < -0.4 is 10.1 Å². The van der Waals surface area contributed by atoms with Gasteiger partial charge in [-0.1, -0.05) is 54.1 Å². The van der Waals surface area contributed by atoms with Crippen molar-refractivity contribution in [3.05, 3.63) is 83.4 Å². The number of likely N-dealkylation sites (tertiary alicyclic amines) is 1. The molecule has 4 rings (SSSR count). The van der Waals surface area contributed by atoms with Crippen molar-refractivity contribution in [3.63, 3.8) is 0 Å². The molecular formula is C26H25ClN2O3. The average Bonchev–Trinajstić information content (AvgIpc) is 2.84. The molecule has 3 aromatic rings. The van der Waals surface area contributed by atoms with Crippen LogP contribution in [0.1, 0.15) is 23.2 Å². The Morgan fingerprint density at radius 2 is 1.59 bits per heavy atom. The summed E-state index contributed by atoms with van der Waals surface area (Å²) >= 11 is 6.14. The highest BCUT2D eigenvalue weighted by Gasteiger charge is 2.28. The van der Waals surface area contributed by atoms with Crippen molar-refractivity contribution in [2.45, 2.75) is 12.8 Å². The normalized spacial score (nSPS) is 14.1. The van der Waals surface area contributed by atoms with Crippen molar-refractivity contribution >= 4 is 29.1 Å². The van der Waals surface area contributed by atoms with Crippen molar-refractivity contribution in [1.29, 1.82) is 0 Å². The van der Waals surface area contributed by atoms with E-state index in [0.717, 1.165) is 11.1 Å². The maximum Gasteiger partial charge on any atom is 0.253 e. The standard InChI is InChI=1S/C26H25ClN2O3/c1-32-24-12-11-22(17-23(24)27)28-25(30)20-13-15-29(16-14-20)26(31)21-9-7-19(8-10-21)18-5-3-2-4-6-18/h2-12,17,20H,13-16H2,1H3,(H,28,30). The van der Waals surface area contributed by atoms with Gasteiger partial charge < -0.3 is 15.0 Å². The predicted octanol–water partition coefficient (Wildman–Crippen LogP) is 5.51. The smallest absolute Gasteiger partial charge is 0.253 e. The van der Waals surface area contributed by atoms with E-state index in [0.29, 0.717) is 48.0 Å². The monoisotopic (exact) mass is 448 g/mol. The van der Waals surface area contributed by atoms with Crippen LogP contribution in [0, 0.1) is 5.92 Å². The summed E-state index contributed by atoms with van der Waals surface area (Å²) < 4.78 is 5.14. The number of methoxy groups -OCH3 is 1. The molecule has 1 fully saturated rings. The first kappa shape index (κ1) is 21.9. The van der Waals surface area contributed by atoms with Crippen LogP contribution in [-0.2, 0) is 4.79 Å². The van der Waals surface area contributed by atoms with Crippen LogP contribution in [0.15, 0.2) is 72.8 Å². The summed E-state index contributed by atoms with van der Waals surface area (Å²) in [4.78, 5) is 27.4. The first-order valence-electron chi connectivity index (χ1n) is 10.6. The van der Waals surface area contributed by atoms with Crippen molar-refractivity contribution in [2.75, 3.05) is 25.5 Å². The number of carbonyl (C=O) groups is 2. The van der Waals surface area contributed by atoms with Crippen LogP contribution >= 0.6 is 11.6 Å². The van der Waals surface area contributed by atoms with E-state index in [1.54, 1.807) is 25.3 Å². The highest BCUT2D eigenvalue weighted by molar-refractivity contribution is 6.32. The molecule has 164 valence electrons. The first-order chi connectivity index (χ1) is 15.5. The largest absolute Gasteiger partial charge is 0.495 e. The van der Waals surface area contributed by atoms with Gasteiger partial charge in [0, 0.05) is 30.3 Å². The molecule has 0 bridgehead atoms. The van der Waals surface area contributed by atoms with Gasteiger partial charge in [0.25, 0.3) is 5.91 Å². The van der Waals surface area contributed by atoms with E-state index >= 15 is 0 Å². The Hall–Kier alpha value is -3.31. The molecule has 0 aromatic heterocycles. The van der Waals surface area contributed by atoms with Gasteiger partial charge in [-0.15, -0.1) is 0 Å². The minimum atomic E-state index is -0.139. The molecule has 0 spiro atoms. The number of nitrogens with zero attached hydrogens (tertiary/aromatic N) is 1. The molecular weight excluding hydrogens is 424 g/mol. The molecule has 6 heteroatoms. The Kier molecular flexibility index (Phi) is 6.76. The van der Waals surface area contributed by atoms with Gasteiger partial charge in [0.05, 0.1) is 12.1 Å². The molecule has 1 aliphatic rings. The Morgan fingerprint density at radius 3 is 2.22 bits per heavy atom. The molecule has 0 radical (unpaired) electrons. The lowest BCUT2D eigenvalue weighted by Crippen LogP contribution is -2.41. The maximum absolute atomic E-state index is 12.9. The van der Waals surface area contributed by atoms with Crippen LogP contribution in [0.2, 0.25) is 5.02 Å². The van der Waals surface area contributed by atoms with Gasteiger partial charge in [-0.25, -0.2) is 0 Å². The van der Waals surface area contributed by atoms with E-state index in [1.807, 2.05) is 59.5 Å². The average molecular weight is 449 g/mol. The van der Waals surface area contributed by atoms with Gasteiger partial charge in [0.2, 0.25) is 5.91 Å². The lowest BCUT2D eigenvalue weighted by Gasteiger charge is -2.31. The zero-order chi connectivity index (χ0) is 22.5. The van der Waals surface area contributed by atoms with E-state index in [2.05, 4.69) is 5.32 Å². The number of hydrogen-bond acceptors (Lipinski definition) is 3. The molecule has 0 atom stereocenters. The van der Waals surface area contributed by atoms with E-state index in [9.17, 15) is 9.59 Å². The zero-order valence-corrected chi connectivity index (χ0v) is 18.6. The van der Waals surface area contributed by atoms with Crippen LogP contribution in [0.4, 0.5) is 5.69 Å². The number of nitrogens with one attached hydrogen (secondary N) is 1. The number of hydrogen-bond donors (Lipinski definition) is 1. The fraction of sp³-hybridized carbons (Fsp3) is 0.231. The van der Waals surface area contributed by atoms with Crippen LogP contribution in [0.25, 0.3) is 11.1 Å². The number of ether oxygens (including phenoxy) is 1. The predicted molar refractivity (Wildman–Crippen MR) is 127 cm³/mol. The Labute approximate surface area is 193 Å². The summed E-state index contributed by atoms with van der Waals surface area (Å²) in [5.74, 6) is 0.379. The molecule has 1 N–H and O–H groups in total. The lowest BCUT2D eigenvalue weighted by molar-refractivity contribution is -0.121. The summed E-state index contributed by atoms with van der Waals surface area (Å²) in [7, 11) is 1.55. The third kappa shape index (κ3) is 4.94. The Balaban J connectivity index is 1.32. The second-order valence-electron chi connectivity index (χ2n) is 7.85. The van der Waals surface area contributed by atoms with Gasteiger partial charge in [-0.2, -0.15) is 0 Å². The molecule has 1 saturated heterocycles. The van der Waals surface area contributed by atoms with Gasteiger partial charge in [0.15, 0.2) is 0 Å². The first-order valence-corrected chi connectivity index (χ1v) is 11.0. The lowest BCUT2D eigenvalue weighted by atomic mass is 9.95. The number of rotatable bonds is 5. The molecule has 0 saturated carbocycles. The second kappa shape index (κ2) is 9.88. The molecule has 3 aromatic carbocycles. The van der Waals surface area contributed by atoms with E-state index < -0.39 is 0 Å². The minimum Gasteiger partial charge on any atom is -0.495 e. The molecule has 1 aliphatic heterocycles. The summed E-state index contributed by atoms with van der Waals surface area (Å²) in [5.41, 5.74) is 3.51. The SMILES string of the molecule is COc1ccc(NC(=O)C2CCN(C(=O)c3ccc(-c4ccccc4)cc3)CC2)cc1Cl. The summed E-state index contributed by atoms with van der Waals surface area (Å²) in [6.45, 7) is 1.11. The summed E-state index contributed by atoms with van der Waals surface area (Å²) in [6, 6.07) is 22.9. The summed E-state index contributed by atoms with van der Waals surface area (Å²) in [5, 5.41) is 3.37. The third-order valence-electron chi connectivity index (χ3n) is 5.81. The molecule has 0 aliphatic carbocycles. The highest BCUT2D eigenvalue weighted by Crippen LogP contribution is 2.28. The van der Waals surface area contributed by atoms with Crippen LogP contribution in [0.3, 0.4) is 0 Å². The highest BCUT2D eigenvalue weighted by atomic mass is 35.5. The Morgan fingerprint density at radius 1 is 0.938 bits per heavy atom. The van der Waals surface area contributed by atoms with Gasteiger partial charge in [-0.3, -0.25) is 9.59 Å². The third-order valence-corrected chi connectivity index (χ3v) is 6.11. The number of anilines is 1. The van der Waals surface area contributed by atoms with Gasteiger partial charge in [0.1, 0.15) is 5.75 Å².